The van der Waals surface area contributed by atoms with Crippen LogP contribution in [0.25, 0.3) is 0 Å². The molecular formula is C15H12N2O2. The average molecular weight is 257 g/mol. The van der Waals surface area contributed by atoms with Gasteiger partial charge >= 0.3 is 0 Å². The molecule has 3 rings (SSSR count). The molecule has 2 amide bonds. The zero-order valence-electron chi connectivity index (χ0n) is 14.8. The molecule has 0 spiro atoms. The Labute approximate surface area is 117 Å². The number of benzene rings is 2. The predicted molar refractivity (Wildman–Crippen MR) is 73.3 cm³/mol. The van der Waals surface area contributed by atoms with Gasteiger partial charge in [0.05, 0.1) is 18.2 Å². The molecule has 0 fully saturated rings. The number of anilines is 3. The standard InChI is InChI=1S/C15H12N2O2/c18-14-10-15(19)17(11-6-2-1-3-7-11)13-9-5-4-8-12(13)16-14/h1-9H,10H2,(H,16,18)/i1D,2D,3D,6D,7D. The number of para-hydroxylation sites is 3. The third-order valence-corrected chi connectivity index (χ3v) is 2.69. The lowest BCUT2D eigenvalue weighted by Gasteiger charge is -2.22. The lowest BCUT2D eigenvalue weighted by atomic mass is 10.2. The molecule has 0 atom stereocenters. The van der Waals surface area contributed by atoms with Gasteiger partial charge in [-0.05, 0) is 24.2 Å². The fourth-order valence-electron chi connectivity index (χ4n) is 1.92. The lowest BCUT2D eigenvalue weighted by Crippen LogP contribution is -2.26. The van der Waals surface area contributed by atoms with Gasteiger partial charge in [-0.15, -0.1) is 0 Å². The van der Waals surface area contributed by atoms with E-state index in [1.165, 1.54) is 0 Å². The summed E-state index contributed by atoms with van der Waals surface area (Å²) < 4.78 is 39.3. The zero-order valence-corrected chi connectivity index (χ0v) is 9.78. The van der Waals surface area contributed by atoms with Crippen molar-refractivity contribution in [2.75, 3.05) is 10.2 Å². The summed E-state index contributed by atoms with van der Waals surface area (Å²) in [5.74, 6) is -1.20. The van der Waals surface area contributed by atoms with Gasteiger partial charge in [-0.2, -0.15) is 0 Å². The van der Waals surface area contributed by atoms with Crippen LogP contribution in [0.3, 0.4) is 0 Å². The van der Waals surface area contributed by atoms with Gasteiger partial charge in [0, 0.05) is 5.69 Å². The quantitative estimate of drug-likeness (QED) is 0.798. The average Bonchev–Trinajstić information content (AvgIpc) is 2.67. The number of hydrogen-bond acceptors (Lipinski definition) is 2. The van der Waals surface area contributed by atoms with Crippen molar-refractivity contribution in [2.24, 2.45) is 0 Å². The number of amides is 2. The molecule has 2 aromatic carbocycles. The minimum Gasteiger partial charge on any atom is -0.324 e. The fraction of sp³-hybridized carbons (Fsp3) is 0.0667. The number of nitrogens with zero attached hydrogens (tertiary/aromatic N) is 1. The van der Waals surface area contributed by atoms with Crippen LogP contribution in [0.15, 0.2) is 54.5 Å². The molecule has 94 valence electrons. The van der Waals surface area contributed by atoms with Crippen molar-refractivity contribution >= 4 is 28.9 Å². The number of rotatable bonds is 1. The molecule has 0 unspecified atom stereocenters. The number of carbonyl (C=O) groups is 2. The minimum absolute atomic E-state index is 0.256. The maximum Gasteiger partial charge on any atom is 0.241 e. The van der Waals surface area contributed by atoms with Crippen molar-refractivity contribution in [3.63, 3.8) is 0 Å². The highest BCUT2D eigenvalue weighted by atomic mass is 16.2. The van der Waals surface area contributed by atoms with Crippen molar-refractivity contribution < 1.29 is 16.4 Å². The van der Waals surface area contributed by atoms with E-state index in [0.717, 1.165) is 4.90 Å². The molecule has 0 saturated carbocycles. The first-order chi connectivity index (χ1) is 11.3. The maximum absolute atomic E-state index is 12.5. The van der Waals surface area contributed by atoms with Crippen LogP contribution in [-0.2, 0) is 9.59 Å². The van der Waals surface area contributed by atoms with Crippen molar-refractivity contribution in [2.45, 2.75) is 6.42 Å². The third-order valence-electron chi connectivity index (χ3n) is 2.69. The topological polar surface area (TPSA) is 49.4 Å². The molecule has 1 heterocycles. The molecule has 2 aromatic rings. The summed E-state index contributed by atoms with van der Waals surface area (Å²) in [5.41, 5.74) is 0.321. The first-order valence-corrected chi connectivity index (χ1v) is 5.61. The Morgan fingerprint density at radius 1 is 1.11 bits per heavy atom. The molecule has 1 N–H and O–H groups in total. The van der Waals surface area contributed by atoms with Crippen molar-refractivity contribution in [3.8, 4) is 0 Å². The molecule has 1 aliphatic heterocycles. The molecular weight excluding hydrogens is 240 g/mol. The summed E-state index contributed by atoms with van der Waals surface area (Å²) in [7, 11) is 0. The Balaban J connectivity index is 2.33. The molecule has 0 bridgehead atoms. The Bertz CT molecular complexity index is 855. The first-order valence-electron chi connectivity index (χ1n) is 8.11. The second-order valence-corrected chi connectivity index (χ2v) is 3.94. The van der Waals surface area contributed by atoms with Gasteiger partial charge in [0.2, 0.25) is 11.8 Å². The van der Waals surface area contributed by atoms with Crippen LogP contribution >= 0.6 is 0 Å². The van der Waals surface area contributed by atoms with Crippen LogP contribution in [-0.4, -0.2) is 11.8 Å². The lowest BCUT2D eigenvalue weighted by molar-refractivity contribution is -0.124. The van der Waals surface area contributed by atoms with E-state index in [0.29, 0.717) is 5.69 Å². The Morgan fingerprint density at radius 2 is 1.84 bits per heavy atom. The van der Waals surface area contributed by atoms with Gasteiger partial charge in [0.1, 0.15) is 6.42 Å². The van der Waals surface area contributed by atoms with E-state index in [2.05, 4.69) is 5.32 Å². The SMILES string of the molecule is [2H]c1c([2H])c([2H])c(N2C(=O)CC(=O)Nc3ccccc32)c([2H])c1[2H]. The molecule has 4 nitrogen and oxygen atoms in total. The van der Waals surface area contributed by atoms with Crippen LogP contribution in [0.4, 0.5) is 17.1 Å². The number of nitrogens with one attached hydrogen (secondary N) is 1. The number of fused-ring (bicyclic) bond motifs is 1. The summed E-state index contributed by atoms with van der Waals surface area (Å²) in [6, 6.07) is 3.78. The monoisotopic (exact) mass is 257 g/mol. The second kappa shape index (κ2) is 4.57. The molecule has 1 aliphatic rings. The van der Waals surface area contributed by atoms with Gasteiger partial charge in [0.15, 0.2) is 0 Å². The second-order valence-electron chi connectivity index (χ2n) is 3.94. The van der Waals surface area contributed by atoms with Crippen molar-refractivity contribution in [1.82, 2.24) is 0 Å². The van der Waals surface area contributed by atoms with Gasteiger partial charge < -0.3 is 5.32 Å². The predicted octanol–water partition coefficient (Wildman–Crippen LogP) is 2.69. The van der Waals surface area contributed by atoms with E-state index in [1.54, 1.807) is 24.3 Å². The minimum atomic E-state index is -0.670. The summed E-state index contributed by atoms with van der Waals surface area (Å²) >= 11 is 0. The third kappa shape index (κ3) is 2.08. The van der Waals surface area contributed by atoms with Gasteiger partial charge in [-0.3, -0.25) is 14.5 Å². The zero-order chi connectivity index (χ0) is 17.6. The molecule has 0 aromatic heterocycles. The normalized spacial score (nSPS) is 18.3. The van der Waals surface area contributed by atoms with E-state index in [4.69, 9.17) is 6.85 Å². The fourth-order valence-corrected chi connectivity index (χ4v) is 1.92. The summed E-state index contributed by atoms with van der Waals surface area (Å²) in [6.45, 7) is 0. The Hall–Kier alpha value is -2.62. The van der Waals surface area contributed by atoms with E-state index in [-0.39, 0.29) is 11.4 Å². The largest absolute Gasteiger partial charge is 0.324 e. The molecule has 19 heavy (non-hydrogen) atoms. The summed E-state index contributed by atoms with van der Waals surface area (Å²) in [6.07, 6.45) is -0.489. The molecule has 0 radical (unpaired) electrons. The van der Waals surface area contributed by atoms with Crippen LogP contribution < -0.4 is 10.2 Å². The maximum atomic E-state index is 12.5. The molecule has 4 heteroatoms. The highest BCUT2D eigenvalue weighted by Gasteiger charge is 2.26. The van der Waals surface area contributed by atoms with E-state index >= 15 is 0 Å². The van der Waals surface area contributed by atoms with E-state index in [1.807, 2.05) is 0 Å². The van der Waals surface area contributed by atoms with Crippen LogP contribution in [0, 0.1) is 0 Å². The van der Waals surface area contributed by atoms with Gasteiger partial charge in [-0.1, -0.05) is 30.3 Å². The van der Waals surface area contributed by atoms with Crippen molar-refractivity contribution in [1.29, 1.82) is 0 Å². The first kappa shape index (κ1) is 7.09. The van der Waals surface area contributed by atoms with E-state index < -0.39 is 48.4 Å². The smallest absolute Gasteiger partial charge is 0.241 e. The molecule has 0 aliphatic carbocycles. The number of carbonyl (C=O) groups excluding carboxylic acids is 2. The highest BCUT2D eigenvalue weighted by molar-refractivity contribution is 6.17. The highest BCUT2D eigenvalue weighted by Crippen LogP contribution is 2.34. The van der Waals surface area contributed by atoms with Gasteiger partial charge in [-0.25, -0.2) is 0 Å². The van der Waals surface area contributed by atoms with Crippen molar-refractivity contribution in [3.05, 3.63) is 54.5 Å². The molecule has 0 saturated heterocycles. The van der Waals surface area contributed by atoms with Crippen LogP contribution in [0.2, 0.25) is 0 Å². The Kier molecular flexibility index (Phi) is 1.70. The summed E-state index contributed by atoms with van der Waals surface area (Å²) in [4.78, 5) is 25.4. The summed E-state index contributed by atoms with van der Waals surface area (Å²) in [5, 5.41) is 2.58. The van der Waals surface area contributed by atoms with Crippen LogP contribution in [0.1, 0.15) is 13.3 Å². The van der Waals surface area contributed by atoms with E-state index in [9.17, 15) is 9.59 Å². The van der Waals surface area contributed by atoms with Crippen LogP contribution in [0.5, 0.6) is 0 Å². The number of hydrogen-bond donors (Lipinski definition) is 1. The van der Waals surface area contributed by atoms with Gasteiger partial charge in [0.25, 0.3) is 0 Å². The Morgan fingerprint density at radius 3 is 2.63 bits per heavy atom.